The molecule has 1 aromatic carbocycles. The molecule has 21 heavy (non-hydrogen) atoms. The summed E-state index contributed by atoms with van der Waals surface area (Å²) in [4.78, 5) is 13.1. The lowest BCUT2D eigenvalue weighted by Crippen LogP contribution is -2.37. The first kappa shape index (κ1) is 15.7. The molecule has 2 atom stereocenters. The number of phenolic OH excluding ortho intramolecular Hbond substituents is 1. The van der Waals surface area contributed by atoms with Crippen molar-refractivity contribution in [1.82, 2.24) is 5.32 Å². The second-order valence-corrected chi connectivity index (χ2v) is 6.43. The molecule has 112 valence electrons. The van der Waals surface area contributed by atoms with E-state index in [4.69, 9.17) is 5.26 Å². The van der Waals surface area contributed by atoms with Crippen LogP contribution in [-0.2, 0) is 4.79 Å². The molecule has 1 saturated carbocycles. The summed E-state index contributed by atoms with van der Waals surface area (Å²) in [7, 11) is 0. The van der Waals surface area contributed by atoms with Crippen LogP contribution in [0.4, 0.5) is 0 Å². The highest BCUT2D eigenvalue weighted by molar-refractivity contribution is 7.99. The molecule has 0 unspecified atom stereocenters. The van der Waals surface area contributed by atoms with Gasteiger partial charge in [0.2, 0.25) is 5.91 Å². The molecule has 1 aliphatic carbocycles. The Hall–Kier alpha value is -1.67. The summed E-state index contributed by atoms with van der Waals surface area (Å²) in [6.45, 7) is 0.0851. The highest BCUT2D eigenvalue weighted by atomic mass is 32.2. The third kappa shape index (κ3) is 4.68. The van der Waals surface area contributed by atoms with Gasteiger partial charge in [0, 0.05) is 16.6 Å². The number of benzene rings is 1. The van der Waals surface area contributed by atoms with Crippen molar-refractivity contribution in [3.05, 3.63) is 24.3 Å². The minimum atomic E-state index is 0.0110. The number of hydrogen-bond acceptors (Lipinski definition) is 4. The van der Waals surface area contributed by atoms with Gasteiger partial charge in [0.15, 0.2) is 0 Å². The predicted molar refractivity (Wildman–Crippen MR) is 82.9 cm³/mol. The van der Waals surface area contributed by atoms with E-state index in [1.807, 2.05) is 18.2 Å². The molecule has 5 heteroatoms. The highest BCUT2D eigenvalue weighted by Crippen LogP contribution is 2.35. The molecule has 1 amide bonds. The number of nitrogens with one attached hydrogen (secondary N) is 1. The quantitative estimate of drug-likeness (QED) is 0.648. The molecule has 0 saturated heterocycles. The average Bonchev–Trinajstić information content (AvgIpc) is 2.51. The van der Waals surface area contributed by atoms with Gasteiger partial charge in [0.05, 0.1) is 6.07 Å². The monoisotopic (exact) mass is 304 g/mol. The average molecular weight is 304 g/mol. The maximum atomic E-state index is 12.1. The molecule has 2 N–H and O–H groups in total. The van der Waals surface area contributed by atoms with Crippen LogP contribution in [0.5, 0.6) is 5.75 Å². The van der Waals surface area contributed by atoms with E-state index >= 15 is 0 Å². The van der Waals surface area contributed by atoms with Crippen LogP contribution in [0.1, 0.15) is 25.7 Å². The summed E-state index contributed by atoms with van der Waals surface area (Å²) in [6, 6.07) is 9.15. The van der Waals surface area contributed by atoms with E-state index in [2.05, 4.69) is 5.32 Å². The van der Waals surface area contributed by atoms with Gasteiger partial charge in [-0.25, -0.2) is 0 Å². The van der Waals surface area contributed by atoms with Crippen LogP contribution in [-0.4, -0.2) is 23.3 Å². The van der Waals surface area contributed by atoms with E-state index < -0.39 is 0 Å². The van der Waals surface area contributed by atoms with Gasteiger partial charge in [-0.15, -0.1) is 11.8 Å². The van der Waals surface area contributed by atoms with Gasteiger partial charge in [-0.1, -0.05) is 18.9 Å². The van der Waals surface area contributed by atoms with Crippen LogP contribution in [0.25, 0.3) is 0 Å². The minimum Gasteiger partial charge on any atom is -0.508 e. The van der Waals surface area contributed by atoms with E-state index in [1.54, 1.807) is 23.9 Å². The second-order valence-electron chi connectivity index (χ2n) is 5.34. The maximum Gasteiger partial charge on any atom is 0.224 e. The van der Waals surface area contributed by atoms with E-state index in [0.29, 0.717) is 5.92 Å². The minimum absolute atomic E-state index is 0.0110. The number of aromatic hydroxyl groups is 1. The number of phenols is 1. The first-order valence-electron chi connectivity index (χ1n) is 7.27. The molecular weight excluding hydrogens is 284 g/mol. The summed E-state index contributed by atoms with van der Waals surface area (Å²) in [5.74, 6) is 1.50. The zero-order valence-corrected chi connectivity index (χ0v) is 12.7. The summed E-state index contributed by atoms with van der Waals surface area (Å²) in [5.41, 5.74) is 0. The fourth-order valence-corrected chi connectivity index (χ4v) is 3.97. The highest BCUT2D eigenvalue weighted by Gasteiger charge is 2.30. The largest absolute Gasteiger partial charge is 0.508 e. The normalized spacial score (nSPS) is 21.5. The Bertz CT molecular complexity index is 527. The Labute approximate surface area is 129 Å². The lowest BCUT2D eigenvalue weighted by atomic mass is 9.80. The zero-order chi connectivity index (χ0) is 15.1. The number of nitrogens with zero attached hydrogens (tertiary/aromatic N) is 1. The second kappa shape index (κ2) is 7.94. The van der Waals surface area contributed by atoms with Crippen molar-refractivity contribution >= 4 is 17.7 Å². The number of carbonyl (C=O) groups is 1. The summed E-state index contributed by atoms with van der Waals surface area (Å²) >= 11 is 1.68. The van der Waals surface area contributed by atoms with E-state index in [-0.39, 0.29) is 24.1 Å². The van der Waals surface area contributed by atoms with Crippen LogP contribution in [0, 0.1) is 23.2 Å². The number of rotatable bonds is 5. The lowest BCUT2D eigenvalue weighted by molar-refractivity contribution is -0.127. The van der Waals surface area contributed by atoms with Crippen molar-refractivity contribution in [3.8, 4) is 11.8 Å². The van der Waals surface area contributed by atoms with Crippen LogP contribution >= 0.6 is 11.8 Å². The van der Waals surface area contributed by atoms with Gasteiger partial charge in [0.25, 0.3) is 0 Å². The van der Waals surface area contributed by atoms with Crippen LogP contribution < -0.4 is 5.32 Å². The van der Waals surface area contributed by atoms with Gasteiger partial charge in [0.1, 0.15) is 12.3 Å². The van der Waals surface area contributed by atoms with Crippen molar-refractivity contribution in [2.45, 2.75) is 30.6 Å². The maximum absolute atomic E-state index is 12.1. The van der Waals surface area contributed by atoms with Crippen molar-refractivity contribution in [1.29, 1.82) is 5.26 Å². The number of carbonyl (C=O) groups excluding carboxylic acids is 1. The van der Waals surface area contributed by atoms with Crippen molar-refractivity contribution < 1.29 is 9.90 Å². The molecule has 4 nitrogen and oxygen atoms in total. The van der Waals surface area contributed by atoms with E-state index in [1.165, 1.54) is 0 Å². The Morgan fingerprint density at radius 3 is 3.00 bits per heavy atom. The number of thioether (sulfide) groups is 1. The fraction of sp³-hybridized carbons (Fsp3) is 0.500. The molecule has 2 rings (SSSR count). The third-order valence-corrected chi connectivity index (χ3v) is 5.05. The Kier molecular flexibility index (Phi) is 5.94. The summed E-state index contributed by atoms with van der Waals surface area (Å²) in [6.07, 6.45) is 4.20. The smallest absolute Gasteiger partial charge is 0.224 e. The topological polar surface area (TPSA) is 73.1 Å². The molecule has 0 spiro atoms. The lowest BCUT2D eigenvalue weighted by Gasteiger charge is -2.30. The number of hydrogen-bond donors (Lipinski definition) is 2. The predicted octanol–water partition coefficient (Wildman–Crippen LogP) is 2.93. The standard InChI is InChI=1S/C16H20N2O2S/c17-8-9-18-16(20)15-7-2-1-4-12(15)11-21-14-6-3-5-13(19)10-14/h3,5-6,10,12,15,19H,1-2,4,7,9,11H2,(H,18,20)/t12-,15+/m1/s1. The molecule has 0 aliphatic heterocycles. The SMILES string of the molecule is N#CCNC(=O)[C@H]1CCCC[C@@H]1CSc1cccc(O)c1. The Morgan fingerprint density at radius 1 is 1.43 bits per heavy atom. The van der Waals surface area contributed by atoms with Crippen LogP contribution in [0.15, 0.2) is 29.2 Å². The Balaban J connectivity index is 1.92. The molecule has 1 aliphatic rings. The molecule has 0 bridgehead atoms. The first-order valence-corrected chi connectivity index (χ1v) is 8.25. The van der Waals surface area contributed by atoms with Crippen LogP contribution in [0.3, 0.4) is 0 Å². The fourth-order valence-electron chi connectivity index (χ4n) is 2.79. The van der Waals surface area contributed by atoms with Crippen molar-refractivity contribution in [2.75, 3.05) is 12.3 Å². The summed E-state index contributed by atoms with van der Waals surface area (Å²) < 4.78 is 0. The molecule has 0 radical (unpaired) electrons. The third-order valence-electron chi connectivity index (χ3n) is 3.87. The first-order chi connectivity index (χ1) is 10.2. The van der Waals surface area contributed by atoms with Gasteiger partial charge in [-0.3, -0.25) is 4.79 Å². The van der Waals surface area contributed by atoms with E-state index in [0.717, 1.165) is 36.3 Å². The van der Waals surface area contributed by atoms with Gasteiger partial charge in [-0.05, 0) is 37.0 Å². The molecule has 1 fully saturated rings. The Morgan fingerprint density at radius 2 is 2.24 bits per heavy atom. The molecule has 0 aromatic heterocycles. The van der Waals surface area contributed by atoms with Crippen LogP contribution in [0.2, 0.25) is 0 Å². The van der Waals surface area contributed by atoms with Gasteiger partial charge < -0.3 is 10.4 Å². The van der Waals surface area contributed by atoms with Gasteiger partial charge in [-0.2, -0.15) is 5.26 Å². The number of nitriles is 1. The molecule has 1 aromatic rings. The zero-order valence-electron chi connectivity index (χ0n) is 11.9. The summed E-state index contributed by atoms with van der Waals surface area (Å²) in [5, 5.41) is 20.7. The van der Waals surface area contributed by atoms with Crippen molar-refractivity contribution in [2.24, 2.45) is 11.8 Å². The molecule has 0 heterocycles. The van der Waals surface area contributed by atoms with E-state index in [9.17, 15) is 9.90 Å². The molecular formula is C16H20N2O2S. The number of amides is 1. The van der Waals surface area contributed by atoms with Crippen molar-refractivity contribution in [3.63, 3.8) is 0 Å². The van der Waals surface area contributed by atoms with Gasteiger partial charge >= 0.3 is 0 Å².